The van der Waals surface area contributed by atoms with Crippen LogP contribution in [0.5, 0.6) is 0 Å². The zero-order chi connectivity index (χ0) is 33.3. The lowest BCUT2D eigenvalue weighted by atomic mass is 10.1. The first-order chi connectivity index (χ1) is 22.3. The highest BCUT2D eigenvalue weighted by Crippen LogP contribution is 2.32. The number of halogens is 3. The highest BCUT2D eigenvalue weighted by atomic mass is 19.4. The first kappa shape index (κ1) is 38.9. The summed E-state index contributed by atoms with van der Waals surface area (Å²) in [7, 11) is 0. The molecular weight excluding hydrogens is 619 g/mol. The van der Waals surface area contributed by atoms with Gasteiger partial charge in [0, 0.05) is 5.69 Å². The van der Waals surface area contributed by atoms with Crippen molar-refractivity contribution in [2.45, 2.75) is 12.6 Å². The van der Waals surface area contributed by atoms with Gasteiger partial charge in [0.15, 0.2) is 0 Å². The van der Waals surface area contributed by atoms with Gasteiger partial charge in [-0.2, -0.15) is 13.2 Å². The molecule has 2 rings (SSSR count). The third-order valence-electron chi connectivity index (χ3n) is 5.77. The molecule has 0 unspecified atom stereocenters. The van der Waals surface area contributed by atoms with Gasteiger partial charge >= 0.3 is 18.1 Å². The fraction of sp³-hybridized carbons (Fsp3) is 0.548. The number of rotatable bonds is 27. The van der Waals surface area contributed by atoms with Crippen molar-refractivity contribution in [3.05, 3.63) is 59.7 Å². The summed E-state index contributed by atoms with van der Waals surface area (Å²) in [6.07, 6.45) is -4.50. The molecule has 0 saturated carbocycles. The number of carbonyl (C=O) groups is 2. The summed E-state index contributed by atoms with van der Waals surface area (Å²) in [5.74, 6) is -1.53. The summed E-state index contributed by atoms with van der Waals surface area (Å²) in [6.45, 7) is 4.92. The van der Waals surface area contributed by atoms with E-state index < -0.39 is 23.7 Å². The van der Waals surface area contributed by atoms with Gasteiger partial charge in [0.1, 0.15) is 6.61 Å². The number of para-hydroxylation sites is 1. The lowest BCUT2D eigenvalue weighted by Gasteiger charge is -2.13. The smallest absolute Gasteiger partial charge is 0.416 e. The van der Waals surface area contributed by atoms with E-state index >= 15 is 0 Å². The summed E-state index contributed by atoms with van der Waals surface area (Å²) in [5, 5.41) is 11.3. The second-order valence-electron chi connectivity index (χ2n) is 9.32. The standard InChI is InChI=1S/C31H42F3NO11/c32-31(33,34)25-4-3-5-26(24-25)35-28-7-2-1-6-27(28)30(38)46-23-22-45-21-20-44-19-18-43-17-16-42-15-14-41-13-12-40-11-10-39-9-8-29(36)37/h1-7,24,35H,8-23H2,(H,36,37). The first-order valence-corrected chi connectivity index (χ1v) is 14.7. The number of hydrogen-bond donors (Lipinski definition) is 2. The fourth-order valence-electron chi connectivity index (χ4n) is 3.55. The Hall–Kier alpha value is -3.31. The van der Waals surface area contributed by atoms with Crippen LogP contribution >= 0.6 is 0 Å². The molecule has 0 aliphatic carbocycles. The molecule has 15 heteroatoms. The number of carboxylic acids is 1. The van der Waals surface area contributed by atoms with Gasteiger partial charge in [0.05, 0.1) is 116 Å². The van der Waals surface area contributed by atoms with Crippen molar-refractivity contribution in [1.29, 1.82) is 0 Å². The molecule has 46 heavy (non-hydrogen) atoms. The Morgan fingerprint density at radius 1 is 0.609 bits per heavy atom. The van der Waals surface area contributed by atoms with E-state index in [4.69, 9.17) is 43.0 Å². The van der Waals surface area contributed by atoms with E-state index in [0.29, 0.717) is 85.0 Å². The predicted molar refractivity (Wildman–Crippen MR) is 159 cm³/mol. The summed E-state index contributed by atoms with van der Waals surface area (Å²) in [6, 6.07) is 11.1. The van der Waals surface area contributed by atoms with Crippen LogP contribution in [-0.4, -0.2) is 116 Å². The minimum absolute atomic E-state index is 0.00827. The van der Waals surface area contributed by atoms with E-state index in [2.05, 4.69) is 5.32 Å². The molecule has 0 saturated heterocycles. The second-order valence-corrected chi connectivity index (χ2v) is 9.32. The van der Waals surface area contributed by atoms with E-state index in [9.17, 15) is 22.8 Å². The number of hydrogen-bond acceptors (Lipinski definition) is 11. The van der Waals surface area contributed by atoms with Gasteiger partial charge in [-0.25, -0.2) is 4.79 Å². The van der Waals surface area contributed by atoms with Crippen LogP contribution < -0.4 is 5.32 Å². The molecule has 0 fully saturated rings. The van der Waals surface area contributed by atoms with E-state index in [1.165, 1.54) is 18.2 Å². The molecule has 0 heterocycles. The normalized spacial score (nSPS) is 11.5. The predicted octanol–water partition coefficient (Wildman–Crippen LogP) is 4.20. The summed E-state index contributed by atoms with van der Waals surface area (Å²) in [5.41, 5.74) is -0.112. The van der Waals surface area contributed by atoms with Crippen molar-refractivity contribution in [1.82, 2.24) is 0 Å². The number of alkyl halides is 3. The van der Waals surface area contributed by atoms with Gasteiger partial charge in [0.2, 0.25) is 0 Å². The maximum absolute atomic E-state index is 13.0. The lowest BCUT2D eigenvalue weighted by Crippen LogP contribution is -2.15. The summed E-state index contributed by atoms with van der Waals surface area (Å²) in [4.78, 5) is 22.9. The van der Waals surface area contributed by atoms with E-state index in [-0.39, 0.29) is 37.5 Å². The van der Waals surface area contributed by atoms with Crippen LogP contribution in [0.2, 0.25) is 0 Å². The Morgan fingerprint density at radius 3 is 1.54 bits per heavy atom. The number of carbonyl (C=O) groups excluding carboxylic acids is 1. The van der Waals surface area contributed by atoms with Gasteiger partial charge in [-0.1, -0.05) is 18.2 Å². The third kappa shape index (κ3) is 18.6. The molecule has 2 N–H and O–H groups in total. The molecule has 0 spiro atoms. The fourth-order valence-corrected chi connectivity index (χ4v) is 3.55. The minimum atomic E-state index is -4.48. The number of carboxylic acid groups (broad SMARTS) is 1. The average molecular weight is 662 g/mol. The zero-order valence-corrected chi connectivity index (χ0v) is 25.6. The lowest BCUT2D eigenvalue weighted by molar-refractivity contribution is -0.139. The molecule has 258 valence electrons. The minimum Gasteiger partial charge on any atom is -0.481 e. The number of anilines is 2. The molecule has 0 aliphatic rings. The van der Waals surface area contributed by atoms with E-state index in [1.54, 1.807) is 18.2 Å². The monoisotopic (exact) mass is 661 g/mol. The van der Waals surface area contributed by atoms with E-state index in [0.717, 1.165) is 12.1 Å². The van der Waals surface area contributed by atoms with Crippen LogP contribution in [0.15, 0.2) is 48.5 Å². The molecule has 0 amide bonds. The molecule has 0 atom stereocenters. The molecule has 0 radical (unpaired) electrons. The van der Waals surface area contributed by atoms with Gasteiger partial charge in [-0.05, 0) is 30.3 Å². The first-order valence-electron chi connectivity index (χ1n) is 14.7. The van der Waals surface area contributed by atoms with E-state index in [1.807, 2.05) is 0 Å². The highest BCUT2D eigenvalue weighted by Gasteiger charge is 2.30. The van der Waals surface area contributed by atoms with Gasteiger partial charge in [-0.15, -0.1) is 0 Å². The summed E-state index contributed by atoms with van der Waals surface area (Å²) < 4.78 is 81.7. The number of nitrogens with one attached hydrogen (secondary N) is 1. The SMILES string of the molecule is O=C(O)CCOCCOCCOCCOCCOCCOCCOCCOC(=O)c1ccccc1Nc1cccc(C(F)(F)F)c1. The molecular formula is C31H42F3NO11. The Labute approximate surface area is 265 Å². The maximum Gasteiger partial charge on any atom is 0.416 e. The molecule has 12 nitrogen and oxygen atoms in total. The maximum atomic E-state index is 13.0. The number of esters is 1. The van der Waals surface area contributed by atoms with Crippen LogP contribution in [0.3, 0.4) is 0 Å². The zero-order valence-electron chi connectivity index (χ0n) is 25.6. The molecule has 2 aromatic carbocycles. The van der Waals surface area contributed by atoms with Gasteiger partial charge in [0.25, 0.3) is 0 Å². The number of benzene rings is 2. The van der Waals surface area contributed by atoms with Crippen LogP contribution in [0.1, 0.15) is 22.3 Å². The topological polar surface area (TPSA) is 140 Å². The van der Waals surface area contributed by atoms with Gasteiger partial charge < -0.3 is 48.3 Å². The second kappa shape index (κ2) is 23.9. The third-order valence-corrected chi connectivity index (χ3v) is 5.77. The van der Waals surface area contributed by atoms with Gasteiger partial charge in [-0.3, -0.25) is 4.79 Å². The van der Waals surface area contributed by atoms with Crippen molar-refractivity contribution in [2.75, 3.05) is 104 Å². The average Bonchev–Trinajstić information content (AvgIpc) is 3.03. The number of ether oxygens (including phenoxy) is 8. The van der Waals surface area contributed by atoms with Crippen LogP contribution in [0, 0.1) is 0 Å². The van der Waals surface area contributed by atoms with Crippen molar-refractivity contribution in [3.8, 4) is 0 Å². The van der Waals surface area contributed by atoms with Crippen molar-refractivity contribution in [2.24, 2.45) is 0 Å². The Balaban J connectivity index is 1.39. The summed E-state index contributed by atoms with van der Waals surface area (Å²) >= 11 is 0. The molecule has 0 aromatic heterocycles. The Bertz CT molecular complexity index is 1120. The van der Waals surface area contributed by atoms with Crippen molar-refractivity contribution >= 4 is 23.3 Å². The Kier molecular flexibility index (Phi) is 20.2. The highest BCUT2D eigenvalue weighted by molar-refractivity contribution is 5.96. The molecule has 2 aromatic rings. The largest absolute Gasteiger partial charge is 0.481 e. The molecule has 0 bridgehead atoms. The number of aliphatic carboxylic acids is 1. The van der Waals surface area contributed by atoms with Crippen LogP contribution in [-0.2, 0) is 48.9 Å². The van der Waals surface area contributed by atoms with Crippen molar-refractivity contribution < 1.29 is 65.8 Å². The molecule has 0 aliphatic heterocycles. The quantitative estimate of drug-likeness (QED) is 0.105. The van der Waals surface area contributed by atoms with Crippen LogP contribution in [0.25, 0.3) is 0 Å². The Morgan fingerprint density at radius 2 is 1.07 bits per heavy atom. The van der Waals surface area contributed by atoms with Crippen molar-refractivity contribution in [3.63, 3.8) is 0 Å². The van der Waals surface area contributed by atoms with Crippen LogP contribution in [0.4, 0.5) is 24.5 Å².